The van der Waals surface area contributed by atoms with E-state index in [9.17, 15) is 0 Å². The standard InChI is InChI=1S/C20H28N4O2.HI/c1-3-26-13-5-12-22-20(24-16-18-6-4-11-21-14-18)23-15-17-7-9-19(25-2)10-8-17;/h4,6-11,14H,3,5,12-13,15-16H2,1-2H3,(H2,22,23,24);1H. The average Bonchev–Trinajstić information content (AvgIpc) is 2.70. The summed E-state index contributed by atoms with van der Waals surface area (Å²) in [4.78, 5) is 8.78. The topological polar surface area (TPSA) is 67.8 Å². The molecule has 0 atom stereocenters. The highest BCUT2D eigenvalue weighted by Crippen LogP contribution is 2.10. The van der Waals surface area contributed by atoms with Gasteiger partial charge in [0.2, 0.25) is 0 Å². The third-order valence-electron chi connectivity index (χ3n) is 3.72. The first-order chi connectivity index (χ1) is 12.8. The molecule has 1 heterocycles. The number of pyridine rings is 1. The van der Waals surface area contributed by atoms with Crippen molar-refractivity contribution in [2.45, 2.75) is 26.4 Å². The van der Waals surface area contributed by atoms with Gasteiger partial charge < -0.3 is 20.1 Å². The molecule has 0 aliphatic carbocycles. The zero-order chi connectivity index (χ0) is 18.5. The second-order valence-electron chi connectivity index (χ2n) is 5.70. The van der Waals surface area contributed by atoms with Crippen LogP contribution in [0.5, 0.6) is 5.75 Å². The molecule has 0 unspecified atom stereocenters. The van der Waals surface area contributed by atoms with Gasteiger partial charge in [-0.3, -0.25) is 4.98 Å². The Bertz CT molecular complexity index is 651. The molecular formula is C20H29IN4O2. The summed E-state index contributed by atoms with van der Waals surface area (Å²) in [5.74, 6) is 1.63. The number of nitrogens with zero attached hydrogens (tertiary/aromatic N) is 2. The van der Waals surface area contributed by atoms with Crippen molar-refractivity contribution in [2.75, 3.05) is 26.9 Å². The maximum Gasteiger partial charge on any atom is 0.191 e. The highest BCUT2D eigenvalue weighted by atomic mass is 127. The van der Waals surface area contributed by atoms with Gasteiger partial charge in [-0.2, -0.15) is 0 Å². The molecule has 0 fully saturated rings. The summed E-state index contributed by atoms with van der Waals surface area (Å²) in [7, 11) is 1.67. The smallest absolute Gasteiger partial charge is 0.191 e. The fraction of sp³-hybridized carbons (Fsp3) is 0.400. The molecule has 0 aliphatic rings. The third-order valence-corrected chi connectivity index (χ3v) is 3.72. The van der Waals surface area contributed by atoms with Crippen molar-refractivity contribution >= 4 is 29.9 Å². The molecule has 0 saturated heterocycles. The Hall–Kier alpha value is -1.87. The molecule has 0 aliphatic heterocycles. The minimum Gasteiger partial charge on any atom is -0.497 e. The lowest BCUT2D eigenvalue weighted by Gasteiger charge is -2.13. The van der Waals surface area contributed by atoms with Crippen molar-refractivity contribution in [1.82, 2.24) is 15.6 Å². The van der Waals surface area contributed by atoms with Gasteiger partial charge in [0.15, 0.2) is 5.96 Å². The minimum absolute atomic E-state index is 0. The lowest BCUT2D eigenvalue weighted by Crippen LogP contribution is -2.37. The van der Waals surface area contributed by atoms with Crippen molar-refractivity contribution < 1.29 is 9.47 Å². The van der Waals surface area contributed by atoms with E-state index in [1.807, 2.05) is 49.5 Å². The summed E-state index contributed by atoms with van der Waals surface area (Å²) in [5.41, 5.74) is 2.24. The van der Waals surface area contributed by atoms with Crippen LogP contribution in [0.15, 0.2) is 53.8 Å². The molecule has 2 N–H and O–H groups in total. The second kappa shape index (κ2) is 14.2. The monoisotopic (exact) mass is 484 g/mol. The van der Waals surface area contributed by atoms with E-state index in [-0.39, 0.29) is 24.0 Å². The van der Waals surface area contributed by atoms with E-state index >= 15 is 0 Å². The van der Waals surface area contributed by atoms with Crippen molar-refractivity contribution in [1.29, 1.82) is 0 Å². The first-order valence-electron chi connectivity index (χ1n) is 8.93. The van der Waals surface area contributed by atoms with Gasteiger partial charge in [-0.25, -0.2) is 4.99 Å². The molecule has 7 heteroatoms. The van der Waals surface area contributed by atoms with Crippen LogP contribution >= 0.6 is 24.0 Å². The Labute approximate surface area is 178 Å². The summed E-state index contributed by atoms with van der Waals surface area (Å²) < 4.78 is 10.6. The zero-order valence-electron chi connectivity index (χ0n) is 16.0. The van der Waals surface area contributed by atoms with Crippen LogP contribution < -0.4 is 15.4 Å². The number of hydrogen-bond donors (Lipinski definition) is 2. The lowest BCUT2D eigenvalue weighted by atomic mass is 10.2. The maximum absolute atomic E-state index is 5.38. The van der Waals surface area contributed by atoms with Gasteiger partial charge in [-0.05, 0) is 42.7 Å². The van der Waals surface area contributed by atoms with Crippen LogP contribution in [0.2, 0.25) is 0 Å². The van der Waals surface area contributed by atoms with E-state index in [0.717, 1.165) is 49.0 Å². The Kier molecular flexibility index (Phi) is 12.2. The summed E-state index contributed by atoms with van der Waals surface area (Å²) >= 11 is 0. The van der Waals surface area contributed by atoms with Gasteiger partial charge >= 0.3 is 0 Å². The fourth-order valence-corrected chi connectivity index (χ4v) is 2.29. The quantitative estimate of drug-likeness (QED) is 0.234. The molecular weight excluding hydrogens is 455 g/mol. The average molecular weight is 484 g/mol. The van der Waals surface area contributed by atoms with Crippen LogP contribution in [-0.2, 0) is 17.8 Å². The van der Waals surface area contributed by atoms with Crippen LogP contribution in [0, 0.1) is 0 Å². The molecule has 1 aromatic carbocycles. The molecule has 148 valence electrons. The van der Waals surface area contributed by atoms with Crippen LogP contribution in [0.1, 0.15) is 24.5 Å². The number of halogens is 1. The highest BCUT2D eigenvalue weighted by Gasteiger charge is 2.01. The number of methoxy groups -OCH3 is 1. The van der Waals surface area contributed by atoms with Gasteiger partial charge in [0.25, 0.3) is 0 Å². The van der Waals surface area contributed by atoms with Crippen molar-refractivity contribution in [3.8, 4) is 5.75 Å². The molecule has 2 rings (SSSR count). The van der Waals surface area contributed by atoms with Crippen LogP contribution in [0.3, 0.4) is 0 Å². The predicted octanol–water partition coefficient (Wildman–Crippen LogP) is 3.37. The van der Waals surface area contributed by atoms with E-state index < -0.39 is 0 Å². The molecule has 0 bridgehead atoms. The van der Waals surface area contributed by atoms with E-state index in [0.29, 0.717) is 13.1 Å². The summed E-state index contributed by atoms with van der Waals surface area (Å²) in [6, 6.07) is 11.9. The van der Waals surface area contributed by atoms with Gasteiger partial charge in [-0.1, -0.05) is 18.2 Å². The van der Waals surface area contributed by atoms with E-state index in [2.05, 4.69) is 20.6 Å². The SMILES string of the molecule is CCOCCCNC(=NCc1cccnc1)NCc1ccc(OC)cc1.I. The first-order valence-corrected chi connectivity index (χ1v) is 8.93. The largest absolute Gasteiger partial charge is 0.497 e. The number of ether oxygens (including phenoxy) is 2. The second-order valence-corrected chi connectivity index (χ2v) is 5.70. The first kappa shape index (κ1) is 23.2. The fourth-order valence-electron chi connectivity index (χ4n) is 2.29. The van der Waals surface area contributed by atoms with Gasteiger partial charge in [-0.15, -0.1) is 24.0 Å². The molecule has 6 nitrogen and oxygen atoms in total. The number of benzene rings is 1. The van der Waals surface area contributed by atoms with Crippen molar-refractivity contribution in [3.63, 3.8) is 0 Å². The normalized spacial score (nSPS) is 10.8. The Morgan fingerprint density at radius 1 is 1.11 bits per heavy atom. The van der Waals surface area contributed by atoms with Crippen LogP contribution in [-0.4, -0.2) is 37.8 Å². The Morgan fingerprint density at radius 3 is 2.59 bits per heavy atom. The van der Waals surface area contributed by atoms with Gasteiger partial charge in [0.1, 0.15) is 5.75 Å². The summed E-state index contributed by atoms with van der Waals surface area (Å²) in [5, 5.41) is 6.73. The lowest BCUT2D eigenvalue weighted by molar-refractivity contribution is 0.145. The Morgan fingerprint density at radius 2 is 1.93 bits per heavy atom. The molecule has 0 amide bonds. The van der Waals surface area contributed by atoms with E-state index in [1.54, 1.807) is 13.3 Å². The minimum atomic E-state index is 0. The third kappa shape index (κ3) is 9.58. The van der Waals surface area contributed by atoms with Crippen LogP contribution in [0.4, 0.5) is 0 Å². The van der Waals surface area contributed by atoms with Crippen molar-refractivity contribution in [2.24, 2.45) is 4.99 Å². The predicted molar refractivity (Wildman–Crippen MR) is 120 cm³/mol. The van der Waals surface area contributed by atoms with Crippen LogP contribution in [0.25, 0.3) is 0 Å². The van der Waals surface area contributed by atoms with Gasteiger partial charge in [0, 0.05) is 38.7 Å². The Balaban J connectivity index is 0.00000364. The number of aromatic nitrogens is 1. The molecule has 2 aromatic rings. The van der Waals surface area contributed by atoms with Crippen molar-refractivity contribution in [3.05, 3.63) is 59.9 Å². The molecule has 1 aromatic heterocycles. The van der Waals surface area contributed by atoms with Gasteiger partial charge in [0.05, 0.1) is 13.7 Å². The van der Waals surface area contributed by atoms with E-state index in [4.69, 9.17) is 9.47 Å². The maximum atomic E-state index is 5.38. The molecule has 27 heavy (non-hydrogen) atoms. The molecule has 0 saturated carbocycles. The highest BCUT2D eigenvalue weighted by molar-refractivity contribution is 14.0. The number of rotatable bonds is 10. The summed E-state index contributed by atoms with van der Waals surface area (Å²) in [6.45, 7) is 5.58. The summed E-state index contributed by atoms with van der Waals surface area (Å²) in [6.07, 6.45) is 4.53. The molecule has 0 spiro atoms. The molecule has 0 radical (unpaired) electrons. The zero-order valence-corrected chi connectivity index (χ0v) is 18.3. The number of hydrogen-bond acceptors (Lipinski definition) is 4. The van der Waals surface area contributed by atoms with E-state index in [1.165, 1.54) is 0 Å². The number of nitrogens with one attached hydrogen (secondary N) is 2. The number of aliphatic imine (C=N–C) groups is 1. The number of guanidine groups is 1.